The van der Waals surface area contributed by atoms with Gasteiger partial charge >= 0.3 is 6.11 Å². The van der Waals surface area contributed by atoms with Crippen molar-refractivity contribution in [2.75, 3.05) is 6.61 Å². The van der Waals surface area contributed by atoms with Crippen molar-refractivity contribution in [3.63, 3.8) is 0 Å². The highest BCUT2D eigenvalue weighted by atomic mass is 19.3. The molecule has 0 N–H and O–H groups in total. The van der Waals surface area contributed by atoms with E-state index < -0.39 is 6.11 Å². The summed E-state index contributed by atoms with van der Waals surface area (Å²) < 4.78 is 30.6. The fourth-order valence-electron chi connectivity index (χ4n) is 4.09. The first-order valence-electron chi connectivity index (χ1n) is 9.84. The maximum Gasteiger partial charge on any atom is 0.355 e. The average molecular weight is 348 g/mol. The van der Waals surface area contributed by atoms with Gasteiger partial charge in [0.1, 0.15) is 0 Å². The predicted molar refractivity (Wildman–Crippen MR) is 97.9 cm³/mol. The molecule has 2 fully saturated rings. The van der Waals surface area contributed by atoms with Crippen molar-refractivity contribution in [1.29, 1.82) is 0 Å². The van der Waals surface area contributed by atoms with E-state index in [2.05, 4.69) is 48.1 Å². The van der Waals surface area contributed by atoms with E-state index in [1.165, 1.54) is 43.2 Å². The molecule has 1 aliphatic heterocycles. The van der Waals surface area contributed by atoms with Crippen LogP contribution in [0.15, 0.2) is 36.4 Å². The smallest absolute Gasteiger partial charge is 0.320 e. The van der Waals surface area contributed by atoms with Gasteiger partial charge in [0.15, 0.2) is 0 Å². The summed E-state index contributed by atoms with van der Waals surface area (Å²) in [6, 6.07) is 9.18. The average Bonchev–Trinajstić information content (AvgIpc) is 2.62. The van der Waals surface area contributed by atoms with Gasteiger partial charge in [-0.3, -0.25) is 0 Å². The van der Waals surface area contributed by atoms with Crippen LogP contribution in [-0.4, -0.2) is 12.7 Å². The van der Waals surface area contributed by atoms with Crippen LogP contribution in [0.2, 0.25) is 0 Å². The standard InChI is InChI=1S/C22H30F2O/c1-2-3-17-6-10-20(11-7-17)21-12-8-18(9-13-21)4-5-19-14-15-22(23,24)25-16-19/h4-7,10-11,18-19,21H,2-3,8-9,12-16H2,1H3/b5-4+. The third-order valence-corrected chi connectivity index (χ3v) is 5.73. The molecular weight excluding hydrogens is 318 g/mol. The number of alkyl halides is 2. The van der Waals surface area contributed by atoms with E-state index in [0.29, 0.717) is 18.3 Å². The molecule has 0 radical (unpaired) electrons. The monoisotopic (exact) mass is 348 g/mol. The van der Waals surface area contributed by atoms with Gasteiger partial charge in [-0.1, -0.05) is 49.8 Å². The number of rotatable bonds is 5. The highest BCUT2D eigenvalue weighted by Crippen LogP contribution is 2.37. The number of hydrogen-bond acceptors (Lipinski definition) is 1. The fraction of sp³-hybridized carbons (Fsp3) is 0.636. The number of aryl methyl sites for hydroxylation is 1. The second-order valence-corrected chi connectivity index (χ2v) is 7.74. The van der Waals surface area contributed by atoms with E-state index in [9.17, 15) is 8.78 Å². The van der Waals surface area contributed by atoms with Gasteiger partial charge in [0.25, 0.3) is 0 Å². The molecule has 25 heavy (non-hydrogen) atoms. The first kappa shape index (κ1) is 18.6. The van der Waals surface area contributed by atoms with Crippen LogP contribution < -0.4 is 0 Å². The molecule has 1 aromatic carbocycles. The van der Waals surface area contributed by atoms with Crippen molar-refractivity contribution in [2.45, 2.75) is 70.3 Å². The van der Waals surface area contributed by atoms with E-state index in [1.54, 1.807) is 0 Å². The number of allylic oxidation sites excluding steroid dienone is 1. The second-order valence-electron chi connectivity index (χ2n) is 7.74. The molecule has 0 bridgehead atoms. The van der Waals surface area contributed by atoms with Gasteiger partial charge in [-0.25, -0.2) is 0 Å². The molecule has 138 valence electrons. The zero-order chi connectivity index (χ0) is 17.7. The van der Waals surface area contributed by atoms with E-state index in [0.717, 1.165) is 6.42 Å². The quantitative estimate of drug-likeness (QED) is 0.553. The number of halogens is 2. The van der Waals surface area contributed by atoms with Gasteiger partial charge in [-0.2, -0.15) is 8.78 Å². The Kier molecular flexibility index (Phi) is 6.27. The lowest BCUT2D eigenvalue weighted by Crippen LogP contribution is -2.30. The molecule has 0 spiro atoms. The fourth-order valence-corrected chi connectivity index (χ4v) is 4.09. The third-order valence-electron chi connectivity index (χ3n) is 5.73. The van der Waals surface area contributed by atoms with Crippen molar-refractivity contribution in [2.24, 2.45) is 11.8 Å². The molecule has 1 unspecified atom stereocenters. The molecule has 1 aromatic rings. The maximum atomic E-state index is 13.0. The third kappa shape index (κ3) is 5.37. The molecule has 1 heterocycles. The first-order valence-corrected chi connectivity index (χ1v) is 9.84. The van der Waals surface area contributed by atoms with Crippen LogP contribution >= 0.6 is 0 Å². The molecule has 0 aromatic heterocycles. The van der Waals surface area contributed by atoms with Crippen LogP contribution in [0.3, 0.4) is 0 Å². The molecule has 2 aliphatic rings. The van der Waals surface area contributed by atoms with Crippen molar-refractivity contribution in [3.05, 3.63) is 47.5 Å². The summed E-state index contributed by atoms with van der Waals surface area (Å²) in [5.74, 6) is 1.43. The summed E-state index contributed by atoms with van der Waals surface area (Å²) in [4.78, 5) is 0. The lowest BCUT2D eigenvalue weighted by Gasteiger charge is -2.29. The van der Waals surface area contributed by atoms with Gasteiger partial charge < -0.3 is 4.74 Å². The first-order chi connectivity index (χ1) is 12.1. The SMILES string of the molecule is CCCc1ccc(C2CCC(/C=C/C3CCC(F)(F)OC3)CC2)cc1. The van der Waals surface area contributed by atoms with Gasteiger partial charge in [0.2, 0.25) is 0 Å². The molecule has 1 aliphatic carbocycles. The van der Waals surface area contributed by atoms with Gasteiger partial charge in [-0.15, -0.1) is 0 Å². The molecule has 1 saturated heterocycles. The Balaban J connectivity index is 1.44. The largest absolute Gasteiger partial charge is 0.355 e. The summed E-state index contributed by atoms with van der Waals surface area (Å²) in [5.41, 5.74) is 2.91. The highest BCUT2D eigenvalue weighted by molar-refractivity contribution is 5.26. The Morgan fingerprint density at radius 2 is 1.68 bits per heavy atom. The number of hydrogen-bond donors (Lipinski definition) is 0. The van der Waals surface area contributed by atoms with Crippen LogP contribution in [0.4, 0.5) is 8.78 Å². The Hall–Kier alpha value is -1.22. The molecule has 3 rings (SSSR count). The zero-order valence-corrected chi connectivity index (χ0v) is 15.2. The zero-order valence-electron chi connectivity index (χ0n) is 15.2. The van der Waals surface area contributed by atoms with Crippen molar-refractivity contribution in [3.8, 4) is 0 Å². The summed E-state index contributed by atoms with van der Waals surface area (Å²) in [6.45, 7) is 2.37. The molecule has 1 atom stereocenters. The van der Waals surface area contributed by atoms with Crippen molar-refractivity contribution < 1.29 is 13.5 Å². The Bertz CT molecular complexity index is 546. The predicted octanol–water partition coefficient (Wildman–Crippen LogP) is 6.49. The van der Waals surface area contributed by atoms with E-state index in [4.69, 9.17) is 0 Å². The minimum absolute atomic E-state index is 0.150. The molecule has 1 saturated carbocycles. The van der Waals surface area contributed by atoms with Crippen LogP contribution in [0.25, 0.3) is 0 Å². The summed E-state index contributed by atoms with van der Waals surface area (Å²) in [6.07, 6.45) is 9.06. The summed E-state index contributed by atoms with van der Waals surface area (Å²) in [7, 11) is 0. The van der Waals surface area contributed by atoms with Crippen LogP contribution in [0.1, 0.15) is 68.9 Å². The van der Waals surface area contributed by atoms with Crippen molar-refractivity contribution in [1.82, 2.24) is 0 Å². The van der Waals surface area contributed by atoms with Gasteiger partial charge in [-0.05, 0) is 61.5 Å². The minimum atomic E-state index is -2.91. The molecule has 3 heteroatoms. The topological polar surface area (TPSA) is 9.23 Å². The Morgan fingerprint density at radius 3 is 2.28 bits per heavy atom. The van der Waals surface area contributed by atoms with Crippen molar-refractivity contribution >= 4 is 0 Å². The number of benzene rings is 1. The Morgan fingerprint density at radius 1 is 1.00 bits per heavy atom. The minimum Gasteiger partial charge on any atom is -0.320 e. The van der Waals surface area contributed by atoms with E-state index in [-0.39, 0.29) is 18.9 Å². The van der Waals surface area contributed by atoms with E-state index >= 15 is 0 Å². The highest BCUT2D eigenvalue weighted by Gasteiger charge is 2.35. The Labute approximate surface area is 150 Å². The van der Waals surface area contributed by atoms with Gasteiger partial charge in [0, 0.05) is 12.3 Å². The summed E-state index contributed by atoms with van der Waals surface area (Å²) >= 11 is 0. The van der Waals surface area contributed by atoms with E-state index in [1.807, 2.05) is 0 Å². The number of ether oxygens (including phenoxy) is 1. The molecule has 1 nitrogen and oxygen atoms in total. The molecule has 0 amide bonds. The second kappa shape index (κ2) is 8.44. The normalized spacial score (nSPS) is 29.8. The molecular formula is C22H30F2O. The van der Waals surface area contributed by atoms with Crippen LogP contribution in [-0.2, 0) is 11.2 Å². The lowest BCUT2D eigenvalue weighted by atomic mass is 9.78. The van der Waals surface area contributed by atoms with Gasteiger partial charge in [0.05, 0.1) is 6.61 Å². The van der Waals surface area contributed by atoms with Crippen LogP contribution in [0, 0.1) is 11.8 Å². The lowest BCUT2D eigenvalue weighted by molar-refractivity contribution is -0.264. The maximum absolute atomic E-state index is 13.0. The summed E-state index contributed by atoms with van der Waals surface area (Å²) in [5, 5.41) is 0. The van der Waals surface area contributed by atoms with Crippen LogP contribution in [0.5, 0.6) is 0 Å².